The smallest absolute Gasteiger partial charge is 0.260 e. The molecule has 1 aliphatic rings. The van der Waals surface area contributed by atoms with Gasteiger partial charge in [0.15, 0.2) is 6.61 Å². The monoisotopic (exact) mass is 367 g/mol. The number of hydrogen-bond donors (Lipinski definition) is 1. The number of carbonyl (C=O) groups excluding carboxylic acids is 2. The van der Waals surface area contributed by atoms with Crippen LogP contribution in [0.5, 0.6) is 5.75 Å². The Morgan fingerprint density at radius 3 is 2.56 bits per heavy atom. The first-order valence-electron chi connectivity index (χ1n) is 9.26. The quantitative estimate of drug-likeness (QED) is 0.851. The van der Waals surface area contributed by atoms with Crippen LogP contribution in [0.15, 0.2) is 48.7 Å². The molecule has 2 aromatic rings. The van der Waals surface area contributed by atoms with Crippen molar-refractivity contribution in [2.24, 2.45) is 5.92 Å². The summed E-state index contributed by atoms with van der Waals surface area (Å²) in [7, 11) is 0. The summed E-state index contributed by atoms with van der Waals surface area (Å²) in [6.45, 7) is 3.63. The first-order valence-corrected chi connectivity index (χ1v) is 9.26. The van der Waals surface area contributed by atoms with Crippen LogP contribution in [0.4, 0.5) is 0 Å². The van der Waals surface area contributed by atoms with Gasteiger partial charge in [0.2, 0.25) is 5.91 Å². The topological polar surface area (TPSA) is 71.5 Å². The molecule has 1 fully saturated rings. The average molecular weight is 367 g/mol. The Morgan fingerprint density at radius 2 is 1.89 bits per heavy atom. The first kappa shape index (κ1) is 18.9. The van der Waals surface area contributed by atoms with Gasteiger partial charge in [-0.15, -0.1) is 0 Å². The molecular formula is C21H25N3O3. The van der Waals surface area contributed by atoms with Crippen LogP contribution in [-0.4, -0.2) is 41.4 Å². The molecule has 2 amide bonds. The van der Waals surface area contributed by atoms with Gasteiger partial charge in [-0.05, 0) is 44.0 Å². The number of amides is 2. The van der Waals surface area contributed by atoms with Crippen molar-refractivity contribution in [3.05, 3.63) is 59.9 Å². The fourth-order valence-electron chi connectivity index (χ4n) is 3.09. The van der Waals surface area contributed by atoms with Crippen molar-refractivity contribution >= 4 is 11.8 Å². The van der Waals surface area contributed by atoms with Crippen molar-refractivity contribution in [3.63, 3.8) is 0 Å². The Bertz CT molecular complexity index is 754. The van der Waals surface area contributed by atoms with Crippen molar-refractivity contribution in [1.29, 1.82) is 0 Å². The molecule has 142 valence electrons. The Morgan fingerprint density at radius 1 is 1.15 bits per heavy atom. The number of nitrogens with one attached hydrogen (secondary N) is 1. The summed E-state index contributed by atoms with van der Waals surface area (Å²) < 4.78 is 5.56. The van der Waals surface area contributed by atoms with Gasteiger partial charge in [0, 0.05) is 25.2 Å². The molecule has 1 saturated heterocycles. The Labute approximate surface area is 159 Å². The second-order valence-electron chi connectivity index (χ2n) is 6.80. The van der Waals surface area contributed by atoms with Crippen LogP contribution in [0.3, 0.4) is 0 Å². The lowest BCUT2D eigenvalue weighted by molar-refractivity contribution is -0.137. The van der Waals surface area contributed by atoms with Crippen LogP contribution >= 0.6 is 0 Å². The second kappa shape index (κ2) is 9.16. The lowest BCUT2D eigenvalue weighted by atomic mass is 9.96. The van der Waals surface area contributed by atoms with Gasteiger partial charge in [-0.25, -0.2) is 0 Å². The van der Waals surface area contributed by atoms with Gasteiger partial charge in [0.05, 0.1) is 12.2 Å². The summed E-state index contributed by atoms with van der Waals surface area (Å²) >= 11 is 0. The highest BCUT2D eigenvalue weighted by molar-refractivity contribution is 5.80. The number of piperidine rings is 1. The molecule has 1 aromatic heterocycles. The van der Waals surface area contributed by atoms with E-state index in [9.17, 15) is 9.59 Å². The van der Waals surface area contributed by atoms with Crippen LogP contribution in [0.2, 0.25) is 0 Å². The Hall–Kier alpha value is -2.89. The van der Waals surface area contributed by atoms with Crippen molar-refractivity contribution in [3.8, 4) is 5.75 Å². The van der Waals surface area contributed by atoms with Crippen molar-refractivity contribution in [2.45, 2.75) is 26.3 Å². The first-order chi connectivity index (χ1) is 13.1. The Kier molecular flexibility index (Phi) is 6.41. The molecule has 3 rings (SSSR count). The minimum Gasteiger partial charge on any atom is -0.484 e. The maximum atomic E-state index is 12.3. The minimum atomic E-state index is -0.0595. The van der Waals surface area contributed by atoms with E-state index in [1.165, 1.54) is 0 Å². The maximum Gasteiger partial charge on any atom is 0.260 e. The van der Waals surface area contributed by atoms with E-state index in [1.807, 2.05) is 49.4 Å². The number of nitrogens with zero attached hydrogens (tertiary/aromatic N) is 2. The molecule has 0 radical (unpaired) electrons. The Balaban J connectivity index is 1.39. The van der Waals surface area contributed by atoms with E-state index >= 15 is 0 Å². The minimum absolute atomic E-state index is 0.0274. The highest BCUT2D eigenvalue weighted by Crippen LogP contribution is 2.18. The summed E-state index contributed by atoms with van der Waals surface area (Å²) in [6.07, 6.45) is 3.05. The summed E-state index contributed by atoms with van der Waals surface area (Å²) in [6, 6.07) is 13.3. The van der Waals surface area contributed by atoms with Crippen LogP contribution < -0.4 is 10.1 Å². The number of benzene rings is 1. The molecule has 2 heterocycles. The van der Waals surface area contributed by atoms with Crippen LogP contribution in [0.1, 0.15) is 24.1 Å². The van der Waals surface area contributed by atoms with Crippen molar-refractivity contribution in [2.75, 3.05) is 19.7 Å². The fourth-order valence-corrected chi connectivity index (χ4v) is 3.09. The molecule has 1 aromatic carbocycles. The number of pyridine rings is 1. The summed E-state index contributed by atoms with van der Waals surface area (Å²) in [5.74, 6) is 0.625. The van der Waals surface area contributed by atoms with Crippen molar-refractivity contribution in [1.82, 2.24) is 15.2 Å². The van der Waals surface area contributed by atoms with E-state index in [-0.39, 0.29) is 24.3 Å². The predicted octanol–water partition coefficient (Wildman–Crippen LogP) is 2.32. The van der Waals surface area contributed by atoms with Gasteiger partial charge in [-0.3, -0.25) is 14.6 Å². The SMILES string of the molecule is Cc1ccc(OCC(=O)N2CCC(C(=O)NCc3ccccn3)CC2)cc1. The summed E-state index contributed by atoms with van der Waals surface area (Å²) in [4.78, 5) is 30.6. The number of carbonyl (C=O) groups is 2. The molecule has 1 aliphatic heterocycles. The second-order valence-corrected chi connectivity index (χ2v) is 6.80. The van der Waals surface area contributed by atoms with E-state index in [2.05, 4.69) is 10.3 Å². The average Bonchev–Trinajstić information content (AvgIpc) is 2.72. The third-order valence-corrected chi connectivity index (χ3v) is 4.77. The zero-order valence-electron chi connectivity index (χ0n) is 15.6. The summed E-state index contributed by atoms with van der Waals surface area (Å²) in [5, 5.41) is 2.93. The van der Waals surface area contributed by atoms with Gasteiger partial charge < -0.3 is 15.0 Å². The zero-order valence-corrected chi connectivity index (χ0v) is 15.6. The molecule has 1 N–H and O–H groups in total. The lowest BCUT2D eigenvalue weighted by Gasteiger charge is -2.31. The molecule has 0 saturated carbocycles. The van der Waals surface area contributed by atoms with Gasteiger partial charge in [-0.1, -0.05) is 23.8 Å². The third kappa shape index (κ3) is 5.54. The van der Waals surface area contributed by atoms with Crippen LogP contribution in [0.25, 0.3) is 0 Å². The molecule has 6 nitrogen and oxygen atoms in total. The van der Waals surface area contributed by atoms with Crippen LogP contribution in [-0.2, 0) is 16.1 Å². The van der Waals surface area contributed by atoms with Gasteiger partial charge in [0.1, 0.15) is 5.75 Å². The molecule has 0 bridgehead atoms. The maximum absolute atomic E-state index is 12.3. The van der Waals surface area contributed by atoms with Gasteiger partial charge in [-0.2, -0.15) is 0 Å². The number of likely N-dealkylation sites (tertiary alicyclic amines) is 1. The largest absolute Gasteiger partial charge is 0.484 e. The van der Waals surface area contributed by atoms with E-state index < -0.39 is 0 Å². The van der Waals surface area contributed by atoms with Gasteiger partial charge >= 0.3 is 0 Å². The fraction of sp³-hybridized carbons (Fsp3) is 0.381. The summed E-state index contributed by atoms with van der Waals surface area (Å²) in [5.41, 5.74) is 1.99. The molecule has 0 aliphatic carbocycles. The van der Waals surface area contributed by atoms with Gasteiger partial charge in [0.25, 0.3) is 5.91 Å². The number of ether oxygens (including phenoxy) is 1. The van der Waals surface area contributed by atoms with Crippen molar-refractivity contribution < 1.29 is 14.3 Å². The number of aromatic nitrogens is 1. The van der Waals surface area contributed by atoms with E-state index in [4.69, 9.17) is 4.74 Å². The number of rotatable bonds is 6. The zero-order chi connectivity index (χ0) is 19.1. The highest BCUT2D eigenvalue weighted by Gasteiger charge is 2.27. The normalized spacial score (nSPS) is 14.6. The predicted molar refractivity (Wildman–Crippen MR) is 102 cm³/mol. The molecule has 0 atom stereocenters. The highest BCUT2D eigenvalue weighted by atomic mass is 16.5. The standard InChI is InChI=1S/C21H25N3O3/c1-16-5-7-19(8-6-16)27-15-20(25)24-12-9-17(10-13-24)21(26)23-14-18-4-2-3-11-22-18/h2-8,11,17H,9-10,12-15H2,1H3,(H,23,26). The van der Waals surface area contributed by atoms with E-state index in [1.54, 1.807) is 11.1 Å². The molecule has 6 heteroatoms. The van der Waals surface area contributed by atoms with E-state index in [0.717, 1.165) is 11.3 Å². The third-order valence-electron chi connectivity index (χ3n) is 4.77. The molecular weight excluding hydrogens is 342 g/mol. The molecule has 27 heavy (non-hydrogen) atoms. The number of aryl methyl sites for hydroxylation is 1. The van der Waals surface area contributed by atoms with E-state index in [0.29, 0.717) is 38.2 Å². The molecule has 0 unspecified atom stereocenters. The number of hydrogen-bond acceptors (Lipinski definition) is 4. The van der Waals surface area contributed by atoms with Crippen LogP contribution in [0, 0.1) is 12.8 Å². The lowest BCUT2D eigenvalue weighted by Crippen LogP contribution is -2.44. The molecule has 0 spiro atoms.